The Balaban J connectivity index is 1.37. The van der Waals surface area contributed by atoms with Crippen LogP contribution in [0, 0.1) is 17.8 Å². The lowest BCUT2D eigenvalue weighted by Crippen LogP contribution is -2.12. The van der Waals surface area contributed by atoms with Gasteiger partial charge in [0.1, 0.15) is 0 Å². The maximum absolute atomic E-state index is 3.59. The van der Waals surface area contributed by atoms with Crippen LogP contribution < -0.4 is 0 Å². The normalized spacial score (nSPS) is 17.8. The first-order chi connectivity index (χ1) is 16.8. The van der Waals surface area contributed by atoms with E-state index in [1.165, 1.54) is 119 Å². The first-order valence-corrected chi connectivity index (χ1v) is 14.5. The van der Waals surface area contributed by atoms with Crippen LogP contribution in [-0.4, -0.2) is 0 Å². The van der Waals surface area contributed by atoms with Crippen LogP contribution in [0.15, 0.2) is 48.5 Å². The molecule has 0 radical (unpaired) electrons. The third-order valence-electron chi connectivity index (χ3n) is 7.69. The number of hydrogen-bond donors (Lipinski definition) is 0. The fourth-order valence-electron chi connectivity index (χ4n) is 5.33. The van der Waals surface area contributed by atoms with Gasteiger partial charge in [-0.05, 0) is 86.1 Å². The molecule has 2 aromatic rings. The van der Waals surface area contributed by atoms with E-state index in [1.54, 1.807) is 5.56 Å². The average Bonchev–Trinajstić information content (AvgIpc) is 2.89. The standard InChI is InChI=1S/C34H48/c1-3-5-7-9-11-13-29-15-17-31(18-16-29)19-20-32-23-27-34(28-24-32)33-25-21-30(22-26-33)14-12-10-8-6-4-2/h15-18,21-22,25-26,32,34H,3-14,23-24,27-28H2,1-2H3. The summed E-state index contributed by atoms with van der Waals surface area (Å²) in [7, 11) is 0. The van der Waals surface area contributed by atoms with Gasteiger partial charge in [-0.25, -0.2) is 0 Å². The van der Waals surface area contributed by atoms with Gasteiger partial charge in [-0.2, -0.15) is 0 Å². The van der Waals surface area contributed by atoms with Crippen molar-refractivity contribution in [3.63, 3.8) is 0 Å². The maximum Gasteiger partial charge on any atom is 0.0245 e. The van der Waals surface area contributed by atoms with Crippen LogP contribution >= 0.6 is 0 Å². The molecule has 1 aliphatic rings. The lowest BCUT2D eigenvalue weighted by Gasteiger charge is -2.26. The number of hydrogen-bond acceptors (Lipinski definition) is 0. The highest BCUT2D eigenvalue weighted by atomic mass is 14.2. The fraction of sp³-hybridized carbons (Fsp3) is 0.588. The van der Waals surface area contributed by atoms with E-state index in [4.69, 9.17) is 0 Å². The highest BCUT2D eigenvalue weighted by molar-refractivity contribution is 5.37. The predicted molar refractivity (Wildman–Crippen MR) is 149 cm³/mol. The first-order valence-electron chi connectivity index (χ1n) is 14.5. The van der Waals surface area contributed by atoms with Gasteiger partial charge < -0.3 is 0 Å². The van der Waals surface area contributed by atoms with Crippen LogP contribution in [0.2, 0.25) is 0 Å². The summed E-state index contributed by atoms with van der Waals surface area (Å²) in [6, 6.07) is 18.6. The molecule has 0 atom stereocenters. The quantitative estimate of drug-likeness (QED) is 0.208. The molecule has 0 N–H and O–H groups in total. The summed E-state index contributed by atoms with van der Waals surface area (Å²) >= 11 is 0. The molecule has 0 aromatic heterocycles. The summed E-state index contributed by atoms with van der Waals surface area (Å²) in [5, 5.41) is 0. The Morgan fingerprint density at radius 3 is 1.62 bits per heavy atom. The van der Waals surface area contributed by atoms with Gasteiger partial charge in [-0.1, -0.05) is 113 Å². The lowest BCUT2D eigenvalue weighted by molar-refractivity contribution is 0.384. The Bertz CT molecular complexity index is 838. The Morgan fingerprint density at radius 1 is 0.588 bits per heavy atom. The Kier molecular flexibility index (Phi) is 12.4. The molecule has 0 bridgehead atoms. The molecule has 0 nitrogen and oxygen atoms in total. The van der Waals surface area contributed by atoms with Gasteiger partial charge in [-0.15, -0.1) is 0 Å². The van der Waals surface area contributed by atoms with Crippen molar-refractivity contribution in [3.05, 3.63) is 70.8 Å². The predicted octanol–water partition coefficient (Wildman–Crippen LogP) is 10.0. The van der Waals surface area contributed by atoms with E-state index in [0.29, 0.717) is 5.92 Å². The SMILES string of the molecule is CCCCCCCc1ccc(C#CC2CCC(c3ccc(CCCCCCC)cc3)CC2)cc1. The number of aryl methyl sites for hydroxylation is 2. The minimum atomic E-state index is 0.567. The molecule has 3 rings (SSSR count). The van der Waals surface area contributed by atoms with Crippen LogP contribution in [0.5, 0.6) is 0 Å². The second-order valence-corrected chi connectivity index (χ2v) is 10.6. The third-order valence-corrected chi connectivity index (χ3v) is 7.69. The van der Waals surface area contributed by atoms with Crippen LogP contribution in [0.3, 0.4) is 0 Å². The van der Waals surface area contributed by atoms with E-state index in [1.807, 2.05) is 0 Å². The smallest absolute Gasteiger partial charge is 0.0245 e. The van der Waals surface area contributed by atoms with Gasteiger partial charge in [0.15, 0.2) is 0 Å². The van der Waals surface area contributed by atoms with Crippen molar-refractivity contribution < 1.29 is 0 Å². The van der Waals surface area contributed by atoms with Crippen molar-refractivity contribution in [2.24, 2.45) is 5.92 Å². The summed E-state index contributed by atoms with van der Waals surface area (Å²) < 4.78 is 0. The minimum absolute atomic E-state index is 0.567. The van der Waals surface area contributed by atoms with Crippen molar-refractivity contribution in [2.75, 3.05) is 0 Å². The second-order valence-electron chi connectivity index (χ2n) is 10.6. The van der Waals surface area contributed by atoms with Gasteiger partial charge >= 0.3 is 0 Å². The van der Waals surface area contributed by atoms with Gasteiger partial charge in [0, 0.05) is 11.5 Å². The fourth-order valence-corrected chi connectivity index (χ4v) is 5.33. The van der Waals surface area contributed by atoms with Gasteiger partial charge in [-0.3, -0.25) is 0 Å². The van der Waals surface area contributed by atoms with Crippen molar-refractivity contribution in [2.45, 2.75) is 122 Å². The topological polar surface area (TPSA) is 0 Å². The third kappa shape index (κ3) is 9.70. The minimum Gasteiger partial charge on any atom is -0.0945 e. The Labute approximate surface area is 211 Å². The Morgan fingerprint density at radius 2 is 1.09 bits per heavy atom. The average molecular weight is 457 g/mol. The summed E-state index contributed by atoms with van der Waals surface area (Å²) in [5.74, 6) is 8.36. The highest BCUT2D eigenvalue weighted by Gasteiger charge is 2.21. The van der Waals surface area contributed by atoms with E-state index in [9.17, 15) is 0 Å². The van der Waals surface area contributed by atoms with E-state index in [2.05, 4.69) is 74.2 Å². The van der Waals surface area contributed by atoms with E-state index in [-0.39, 0.29) is 0 Å². The molecule has 2 aromatic carbocycles. The zero-order valence-electron chi connectivity index (χ0n) is 22.1. The molecule has 1 saturated carbocycles. The summed E-state index contributed by atoms with van der Waals surface area (Å²) in [6.45, 7) is 4.56. The van der Waals surface area contributed by atoms with Crippen LogP contribution in [-0.2, 0) is 12.8 Å². The molecule has 184 valence electrons. The number of benzene rings is 2. The summed E-state index contributed by atoms with van der Waals surface area (Å²) in [6.07, 6.45) is 21.1. The molecule has 1 aliphatic carbocycles. The number of rotatable bonds is 13. The highest BCUT2D eigenvalue weighted by Crippen LogP contribution is 2.35. The first kappa shape index (κ1) is 26.6. The van der Waals surface area contributed by atoms with Crippen LogP contribution in [0.4, 0.5) is 0 Å². The molecule has 1 fully saturated rings. The molecular weight excluding hydrogens is 408 g/mol. The summed E-state index contributed by atoms with van der Waals surface area (Å²) in [5.41, 5.74) is 5.71. The molecule has 0 heteroatoms. The van der Waals surface area contributed by atoms with E-state index < -0.39 is 0 Å². The molecular formula is C34H48. The monoisotopic (exact) mass is 456 g/mol. The molecule has 0 amide bonds. The van der Waals surface area contributed by atoms with Gasteiger partial charge in [0.05, 0.1) is 0 Å². The number of unbranched alkanes of at least 4 members (excludes halogenated alkanes) is 8. The van der Waals surface area contributed by atoms with Crippen molar-refractivity contribution in [1.29, 1.82) is 0 Å². The van der Waals surface area contributed by atoms with Crippen molar-refractivity contribution in [3.8, 4) is 11.8 Å². The molecule has 0 spiro atoms. The van der Waals surface area contributed by atoms with Gasteiger partial charge in [0.25, 0.3) is 0 Å². The van der Waals surface area contributed by atoms with Crippen LogP contribution in [0.25, 0.3) is 0 Å². The second kappa shape index (κ2) is 15.8. The molecule has 0 aliphatic heterocycles. The zero-order chi connectivity index (χ0) is 23.8. The molecule has 0 saturated heterocycles. The van der Waals surface area contributed by atoms with Crippen molar-refractivity contribution in [1.82, 2.24) is 0 Å². The zero-order valence-corrected chi connectivity index (χ0v) is 22.1. The molecule has 34 heavy (non-hydrogen) atoms. The van der Waals surface area contributed by atoms with E-state index in [0.717, 1.165) is 5.92 Å². The van der Waals surface area contributed by atoms with E-state index >= 15 is 0 Å². The largest absolute Gasteiger partial charge is 0.0945 e. The lowest BCUT2D eigenvalue weighted by atomic mass is 9.78. The van der Waals surface area contributed by atoms with Crippen LogP contribution in [0.1, 0.15) is 132 Å². The molecule has 0 heterocycles. The van der Waals surface area contributed by atoms with Crippen molar-refractivity contribution >= 4 is 0 Å². The molecule has 0 unspecified atom stereocenters. The van der Waals surface area contributed by atoms with Gasteiger partial charge in [0.2, 0.25) is 0 Å². The maximum atomic E-state index is 3.59. The summed E-state index contributed by atoms with van der Waals surface area (Å²) in [4.78, 5) is 0. The Hall–Kier alpha value is -2.00.